The summed E-state index contributed by atoms with van der Waals surface area (Å²) in [6.07, 6.45) is 8.50. The Labute approximate surface area is 188 Å². The molecule has 1 amide bonds. The van der Waals surface area contributed by atoms with Crippen molar-refractivity contribution in [3.05, 3.63) is 57.5 Å². The van der Waals surface area contributed by atoms with Crippen LogP contribution in [0.25, 0.3) is 0 Å². The zero-order valence-corrected chi connectivity index (χ0v) is 18.7. The van der Waals surface area contributed by atoms with Crippen LogP contribution in [0.2, 0.25) is 5.02 Å². The van der Waals surface area contributed by atoms with Crippen molar-refractivity contribution in [2.24, 2.45) is 0 Å². The third-order valence-electron chi connectivity index (χ3n) is 6.12. The smallest absolute Gasteiger partial charge is 0.251 e. The van der Waals surface area contributed by atoms with Gasteiger partial charge in [-0.25, -0.2) is 9.37 Å². The van der Waals surface area contributed by atoms with E-state index in [0.717, 1.165) is 44.3 Å². The fourth-order valence-corrected chi connectivity index (χ4v) is 4.66. The van der Waals surface area contributed by atoms with Gasteiger partial charge in [-0.1, -0.05) is 11.6 Å². The van der Waals surface area contributed by atoms with Crippen LogP contribution in [0.1, 0.15) is 65.7 Å². The molecular formula is C23H28Cl2FN3O. The van der Waals surface area contributed by atoms with Gasteiger partial charge in [-0.15, -0.1) is 12.4 Å². The van der Waals surface area contributed by atoms with Crippen molar-refractivity contribution in [3.63, 3.8) is 0 Å². The Morgan fingerprint density at radius 1 is 1.10 bits per heavy atom. The van der Waals surface area contributed by atoms with E-state index in [1.165, 1.54) is 47.9 Å². The van der Waals surface area contributed by atoms with Crippen LogP contribution in [0.5, 0.6) is 0 Å². The van der Waals surface area contributed by atoms with Crippen molar-refractivity contribution in [2.45, 2.75) is 70.4 Å². The van der Waals surface area contributed by atoms with E-state index in [2.05, 4.69) is 23.6 Å². The van der Waals surface area contributed by atoms with E-state index in [1.54, 1.807) is 0 Å². The molecule has 30 heavy (non-hydrogen) atoms. The number of pyridine rings is 1. The van der Waals surface area contributed by atoms with Gasteiger partial charge in [0.15, 0.2) is 0 Å². The number of nitrogens with one attached hydrogen (secondary N) is 2. The Morgan fingerprint density at radius 2 is 1.80 bits per heavy atom. The van der Waals surface area contributed by atoms with Crippen LogP contribution in [-0.2, 0) is 12.8 Å². The lowest BCUT2D eigenvalue weighted by molar-refractivity contribution is 0.0926. The molecule has 0 atom stereocenters. The number of carbonyl (C=O) groups is 1. The molecule has 0 saturated heterocycles. The number of halogens is 3. The summed E-state index contributed by atoms with van der Waals surface area (Å²) < 4.78 is 13.3. The molecule has 0 bridgehead atoms. The molecule has 4 rings (SSSR count). The first-order chi connectivity index (χ1) is 14.0. The molecule has 162 valence electrons. The predicted molar refractivity (Wildman–Crippen MR) is 121 cm³/mol. The number of fused-ring (bicyclic) bond motifs is 1. The molecule has 1 saturated carbocycles. The van der Waals surface area contributed by atoms with E-state index < -0.39 is 5.82 Å². The molecule has 1 fully saturated rings. The van der Waals surface area contributed by atoms with Crippen LogP contribution in [-0.4, -0.2) is 23.0 Å². The maximum atomic E-state index is 13.3. The van der Waals surface area contributed by atoms with E-state index >= 15 is 0 Å². The summed E-state index contributed by atoms with van der Waals surface area (Å²) in [5.41, 5.74) is 4.44. The lowest BCUT2D eigenvalue weighted by atomic mass is 9.90. The Morgan fingerprint density at radius 3 is 2.53 bits per heavy atom. The van der Waals surface area contributed by atoms with E-state index in [9.17, 15) is 9.18 Å². The first-order valence-electron chi connectivity index (χ1n) is 10.5. The number of hydrogen-bond donors (Lipinski definition) is 2. The lowest BCUT2D eigenvalue weighted by Crippen LogP contribution is -2.40. The second kappa shape index (κ2) is 9.97. The van der Waals surface area contributed by atoms with Crippen molar-refractivity contribution < 1.29 is 9.18 Å². The number of aryl methyl sites for hydroxylation is 2. The minimum atomic E-state index is -0.513. The maximum Gasteiger partial charge on any atom is 0.251 e. The van der Waals surface area contributed by atoms with Crippen LogP contribution < -0.4 is 10.6 Å². The van der Waals surface area contributed by atoms with Crippen LogP contribution >= 0.6 is 24.0 Å². The van der Waals surface area contributed by atoms with E-state index in [1.807, 2.05) is 0 Å². The quantitative estimate of drug-likeness (QED) is 0.632. The average Bonchev–Trinajstić information content (AvgIpc) is 2.71. The Hall–Kier alpha value is -1.85. The summed E-state index contributed by atoms with van der Waals surface area (Å²) in [5, 5.41) is 6.63. The fourth-order valence-electron chi connectivity index (χ4n) is 4.48. The molecule has 0 aliphatic heterocycles. The first kappa shape index (κ1) is 22.8. The molecule has 2 aromatic rings. The molecular weight excluding hydrogens is 424 g/mol. The summed E-state index contributed by atoms with van der Waals surface area (Å²) in [5.74, 6) is 0.271. The molecule has 7 heteroatoms. The summed E-state index contributed by atoms with van der Waals surface area (Å²) in [6, 6.07) is 6.75. The SMILES string of the molecule is Cc1cc(N[C@H]2CC[C@@H](NC(=O)c3ccc(F)c(Cl)c3)CC2)nc2c1CCCC2.Cl. The minimum Gasteiger partial charge on any atom is -0.367 e. The highest BCUT2D eigenvalue weighted by Crippen LogP contribution is 2.27. The Kier molecular flexibility index (Phi) is 7.59. The topological polar surface area (TPSA) is 54.0 Å². The van der Waals surface area contributed by atoms with Gasteiger partial charge in [0.05, 0.1) is 5.02 Å². The normalized spacial score (nSPS) is 20.6. The Balaban J connectivity index is 0.00000256. The summed E-state index contributed by atoms with van der Waals surface area (Å²) in [4.78, 5) is 17.3. The molecule has 4 nitrogen and oxygen atoms in total. The third kappa shape index (κ3) is 5.25. The monoisotopic (exact) mass is 451 g/mol. The number of nitrogens with zero attached hydrogens (tertiary/aromatic N) is 1. The van der Waals surface area contributed by atoms with Crippen LogP contribution in [0, 0.1) is 12.7 Å². The maximum absolute atomic E-state index is 13.3. The number of anilines is 1. The highest BCUT2D eigenvalue weighted by Gasteiger charge is 2.24. The highest BCUT2D eigenvalue weighted by atomic mass is 35.5. The fraction of sp³-hybridized carbons (Fsp3) is 0.478. The highest BCUT2D eigenvalue weighted by molar-refractivity contribution is 6.31. The standard InChI is InChI=1S/C23H27ClFN3O.ClH/c1-14-12-22(28-21-5-3-2-4-18(14)21)26-16-7-9-17(10-8-16)27-23(29)15-6-11-20(25)19(24)13-15;/h6,11-13,16-17H,2-5,7-10H2,1H3,(H,26,28)(H,27,29);1H/t16-,17+;. The van der Waals surface area contributed by atoms with Crippen molar-refractivity contribution in [2.75, 3.05) is 5.32 Å². The van der Waals surface area contributed by atoms with E-state index in [-0.39, 0.29) is 29.4 Å². The molecule has 1 aromatic heterocycles. The largest absolute Gasteiger partial charge is 0.367 e. The number of benzene rings is 1. The number of hydrogen-bond acceptors (Lipinski definition) is 3. The second-order valence-electron chi connectivity index (χ2n) is 8.25. The summed E-state index contributed by atoms with van der Waals surface area (Å²) in [7, 11) is 0. The number of aromatic nitrogens is 1. The van der Waals surface area contributed by atoms with Gasteiger partial charge in [-0.05, 0) is 93.7 Å². The average molecular weight is 452 g/mol. The van der Waals surface area contributed by atoms with Crippen molar-refractivity contribution in [3.8, 4) is 0 Å². The van der Waals surface area contributed by atoms with Crippen LogP contribution in [0.3, 0.4) is 0 Å². The summed E-state index contributed by atoms with van der Waals surface area (Å²) in [6.45, 7) is 2.19. The lowest BCUT2D eigenvalue weighted by Gasteiger charge is -2.30. The van der Waals surface area contributed by atoms with Crippen LogP contribution in [0.4, 0.5) is 10.2 Å². The molecule has 2 aliphatic rings. The number of amides is 1. The van der Waals surface area contributed by atoms with Crippen LogP contribution in [0.15, 0.2) is 24.3 Å². The second-order valence-corrected chi connectivity index (χ2v) is 8.66. The Bertz CT molecular complexity index is 914. The van der Waals surface area contributed by atoms with Gasteiger partial charge in [0.1, 0.15) is 11.6 Å². The van der Waals surface area contributed by atoms with E-state index in [0.29, 0.717) is 11.6 Å². The zero-order valence-electron chi connectivity index (χ0n) is 17.1. The molecule has 2 aliphatic carbocycles. The van der Waals surface area contributed by atoms with Gasteiger partial charge < -0.3 is 10.6 Å². The van der Waals surface area contributed by atoms with Gasteiger partial charge in [-0.2, -0.15) is 0 Å². The molecule has 2 N–H and O–H groups in total. The van der Waals surface area contributed by atoms with Gasteiger partial charge >= 0.3 is 0 Å². The first-order valence-corrected chi connectivity index (χ1v) is 10.9. The minimum absolute atomic E-state index is 0. The van der Waals surface area contributed by atoms with Crippen molar-refractivity contribution in [1.29, 1.82) is 0 Å². The third-order valence-corrected chi connectivity index (χ3v) is 6.41. The molecule has 1 heterocycles. The van der Waals surface area contributed by atoms with E-state index in [4.69, 9.17) is 16.6 Å². The van der Waals surface area contributed by atoms with Crippen molar-refractivity contribution >= 4 is 35.7 Å². The van der Waals surface area contributed by atoms with Crippen molar-refractivity contribution in [1.82, 2.24) is 10.3 Å². The number of carbonyl (C=O) groups excluding carboxylic acids is 1. The molecule has 0 spiro atoms. The predicted octanol–water partition coefficient (Wildman–Crippen LogP) is 5.64. The van der Waals surface area contributed by atoms with Gasteiger partial charge in [-0.3, -0.25) is 4.79 Å². The molecule has 0 radical (unpaired) electrons. The van der Waals surface area contributed by atoms with Gasteiger partial charge in [0.25, 0.3) is 5.91 Å². The molecule has 0 unspecified atom stereocenters. The summed E-state index contributed by atoms with van der Waals surface area (Å²) >= 11 is 5.78. The number of rotatable bonds is 4. The molecule has 1 aromatic carbocycles. The van der Waals surface area contributed by atoms with Gasteiger partial charge in [0.2, 0.25) is 0 Å². The van der Waals surface area contributed by atoms with Gasteiger partial charge in [0, 0.05) is 23.3 Å². The zero-order chi connectivity index (χ0) is 20.4.